The van der Waals surface area contributed by atoms with Crippen LogP contribution in [-0.4, -0.2) is 0 Å². The molecule has 292 valence electrons. The zero-order valence-corrected chi connectivity index (χ0v) is 34.2. The number of nitrogens with zero attached hydrogens (tertiary/aromatic N) is 1. The van der Waals surface area contributed by atoms with Crippen LogP contribution < -0.4 is 4.90 Å². The van der Waals surface area contributed by atoms with E-state index in [4.69, 9.17) is 4.42 Å². The average molecular weight is 800 g/mol. The van der Waals surface area contributed by atoms with Crippen molar-refractivity contribution in [2.75, 3.05) is 4.90 Å². The Labute approximate surface area is 364 Å². The predicted molar refractivity (Wildman–Crippen MR) is 263 cm³/mol. The Balaban J connectivity index is 1.01. The number of furan rings is 1. The summed E-state index contributed by atoms with van der Waals surface area (Å²) in [6.07, 6.45) is 0. The molecular formula is C61H37NO. The van der Waals surface area contributed by atoms with Gasteiger partial charge in [-0.05, 0) is 143 Å². The van der Waals surface area contributed by atoms with Crippen molar-refractivity contribution in [1.82, 2.24) is 0 Å². The van der Waals surface area contributed by atoms with E-state index in [-0.39, 0.29) is 0 Å². The fourth-order valence-electron chi connectivity index (χ4n) is 11.4. The number of fused-ring (bicyclic) bond motifs is 19. The predicted octanol–water partition coefficient (Wildman–Crippen LogP) is 16.5. The van der Waals surface area contributed by atoms with Gasteiger partial charge in [-0.3, -0.25) is 0 Å². The lowest BCUT2D eigenvalue weighted by Crippen LogP contribution is -2.25. The minimum atomic E-state index is -0.402. The van der Waals surface area contributed by atoms with E-state index >= 15 is 0 Å². The van der Waals surface area contributed by atoms with Gasteiger partial charge in [0.2, 0.25) is 0 Å². The Morgan fingerprint density at radius 1 is 0.270 bits per heavy atom. The van der Waals surface area contributed by atoms with Crippen LogP contribution in [0.1, 0.15) is 22.3 Å². The Kier molecular flexibility index (Phi) is 7.07. The van der Waals surface area contributed by atoms with Crippen molar-refractivity contribution >= 4 is 71.3 Å². The fourth-order valence-corrected chi connectivity index (χ4v) is 11.4. The lowest BCUT2D eigenvalue weighted by Gasteiger charge is -2.31. The summed E-state index contributed by atoms with van der Waals surface area (Å²) >= 11 is 0. The van der Waals surface area contributed by atoms with Gasteiger partial charge in [0.05, 0.1) is 5.41 Å². The van der Waals surface area contributed by atoms with Crippen LogP contribution in [0.5, 0.6) is 0 Å². The van der Waals surface area contributed by atoms with E-state index < -0.39 is 5.41 Å². The van der Waals surface area contributed by atoms with E-state index in [1.54, 1.807) is 0 Å². The molecule has 2 aliphatic rings. The highest BCUT2D eigenvalue weighted by atomic mass is 16.3. The second-order valence-electron chi connectivity index (χ2n) is 17.1. The van der Waals surface area contributed by atoms with Crippen molar-refractivity contribution in [2.24, 2.45) is 0 Å². The van der Waals surface area contributed by atoms with Crippen molar-refractivity contribution in [1.29, 1.82) is 0 Å². The van der Waals surface area contributed by atoms with Gasteiger partial charge in [0.25, 0.3) is 0 Å². The number of hydrogen-bond donors (Lipinski definition) is 0. The molecule has 0 bridgehead atoms. The summed E-state index contributed by atoms with van der Waals surface area (Å²) in [5.41, 5.74) is 17.5. The van der Waals surface area contributed by atoms with Crippen LogP contribution in [-0.2, 0) is 5.41 Å². The monoisotopic (exact) mass is 799 g/mol. The lowest BCUT2D eigenvalue weighted by atomic mass is 9.70. The third kappa shape index (κ3) is 4.72. The molecule has 14 rings (SSSR count). The summed E-state index contributed by atoms with van der Waals surface area (Å²) < 4.78 is 6.38. The normalized spacial score (nSPS) is 13.2. The zero-order valence-electron chi connectivity index (χ0n) is 34.2. The van der Waals surface area contributed by atoms with Gasteiger partial charge in [-0.1, -0.05) is 170 Å². The first-order chi connectivity index (χ1) is 31.2. The number of rotatable bonds is 4. The van der Waals surface area contributed by atoms with Crippen molar-refractivity contribution in [3.8, 4) is 33.4 Å². The number of anilines is 3. The maximum Gasteiger partial charge on any atom is 0.136 e. The molecule has 63 heavy (non-hydrogen) atoms. The molecule has 1 spiro atoms. The molecule has 0 N–H and O–H groups in total. The molecule has 0 saturated carbocycles. The molecule has 2 heteroatoms. The minimum absolute atomic E-state index is 0.402. The maximum atomic E-state index is 6.38. The molecule has 1 aromatic heterocycles. The first kappa shape index (κ1) is 34.5. The molecule has 0 amide bonds. The highest BCUT2D eigenvalue weighted by Gasteiger charge is 2.51. The van der Waals surface area contributed by atoms with Gasteiger partial charge in [-0.2, -0.15) is 0 Å². The molecule has 11 aromatic carbocycles. The average Bonchev–Trinajstić information content (AvgIpc) is 3.98. The van der Waals surface area contributed by atoms with E-state index in [9.17, 15) is 0 Å². The van der Waals surface area contributed by atoms with Gasteiger partial charge in [0, 0.05) is 27.8 Å². The van der Waals surface area contributed by atoms with Crippen molar-refractivity contribution in [2.45, 2.75) is 5.41 Å². The highest BCUT2D eigenvalue weighted by molar-refractivity contribution is 6.26. The summed E-state index contributed by atoms with van der Waals surface area (Å²) in [6, 6.07) is 82.9. The fraction of sp³-hybridized carbons (Fsp3) is 0.0164. The summed E-state index contributed by atoms with van der Waals surface area (Å²) in [5, 5.41) is 9.83. The molecule has 0 unspecified atom stereocenters. The van der Waals surface area contributed by atoms with Gasteiger partial charge >= 0.3 is 0 Å². The molecule has 2 aliphatic carbocycles. The Bertz CT molecular complexity index is 3810. The zero-order chi connectivity index (χ0) is 41.2. The van der Waals surface area contributed by atoms with Crippen LogP contribution >= 0.6 is 0 Å². The van der Waals surface area contributed by atoms with Crippen LogP contribution in [0.2, 0.25) is 0 Å². The maximum absolute atomic E-state index is 6.38. The van der Waals surface area contributed by atoms with E-state index in [0.717, 1.165) is 50.1 Å². The second kappa shape index (κ2) is 12.9. The smallest absolute Gasteiger partial charge is 0.136 e. The molecule has 1 heterocycles. The number of hydrogen-bond acceptors (Lipinski definition) is 2. The largest absolute Gasteiger partial charge is 0.456 e. The summed E-state index contributed by atoms with van der Waals surface area (Å²) in [7, 11) is 0. The Morgan fingerprint density at radius 2 is 0.730 bits per heavy atom. The molecule has 2 nitrogen and oxygen atoms in total. The van der Waals surface area contributed by atoms with Gasteiger partial charge in [0.1, 0.15) is 11.2 Å². The Morgan fingerprint density at radius 3 is 1.41 bits per heavy atom. The first-order valence-electron chi connectivity index (χ1n) is 21.8. The quantitative estimate of drug-likeness (QED) is 0.165. The molecule has 12 aromatic rings. The molecule has 0 radical (unpaired) electrons. The van der Waals surface area contributed by atoms with Crippen LogP contribution in [0.4, 0.5) is 17.1 Å². The summed E-state index contributed by atoms with van der Waals surface area (Å²) in [5.74, 6) is 0. The molecule has 0 saturated heterocycles. The first-order valence-corrected chi connectivity index (χ1v) is 21.8. The van der Waals surface area contributed by atoms with Crippen molar-refractivity contribution < 1.29 is 4.42 Å². The topological polar surface area (TPSA) is 16.4 Å². The highest BCUT2D eigenvalue weighted by Crippen LogP contribution is 2.63. The molecule has 0 fully saturated rings. The van der Waals surface area contributed by atoms with Gasteiger partial charge in [-0.15, -0.1) is 0 Å². The van der Waals surface area contributed by atoms with E-state index in [1.165, 1.54) is 76.8 Å². The minimum Gasteiger partial charge on any atom is -0.456 e. The van der Waals surface area contributed by atoms with Crippen LogP contribution in [0.15, 0.2) is 229 Å². The Hall–Kier alpha value is -8.20. The molecular weight excluding hydrogens is 763 g/mol. The molecule has 0 aliphatic heterocycles. The lowest BCUT2D eigenvalue weighted by molar-refractivity contribution is 0.669. The van der Waals surface area contributed by atoms with Gasteiger partial charge in [0.15, 0.2) is 0 Å². The van der Waals surface area contributed by atoms with E-state index in [2.05, 4.69) is 217 Å². The second-order valence-corrected chi connectivity index (χ2v) is 17.1. The van der Waals surface area contributed by atoms with Crippen LogP contribution in [0.25, 0.3) is 87.6 Å². The standard InChI is InChI=1S/C61H37NO/c1-2-18-45-43(16-1)44-17-3-4-19-46(44)53-36-41(29-32-47(45)53)62(40-15-13-14-38(34-40)39-28-31-52-51-23-8-12-27-59(51)63-60(52)35-39)42-30-33-58-54(37-42)50-22-7-11-26-57(50)61(58)55-24-9-5-20-48(55)49-21-6-10-25-56(49)61/h1-37H. The molecule has 0 atom stereocenters. The van der Waals surface area contributed by atoms with Crippen LogP contribution in [0, 0.1) is 0 Å². The number of para-hydroxylation sites is 1. The van der Waals surface area contributed by atoms with Crippen molar-refractivity contribution in [3.63, 3.8) is 0 Å². The summed E-state index contributed by atoms with van der Waals surface area (Å²) in [4.78, 5) is 2.46. The number of benzene rings is 11. The van der Waals surface area contributed by atoms with E-state index in [1.807, 2.05) is 12.1 Å². The van der Waals surface area contributed by atoms with Gasteiger partial charge < -0.3 is 9.32 Å². The summed E-state index contributed by atoms with van der Waals surface area (Å²) in [6.45, 7) is 0. The van der Waals surface area contributed by atoms with Gasteiger partial charge in [-0.25, -0.2) is 0 Å². The van der Waals surface area contributed by atoms with E-state index in [0.29, 0.717) is 0 Å². The van der Waals surface area contributed by atoms with Crippen molar-refractivity contribution in [3.05, 3.63) is 247 Å². The third-order valence-corrected chi connectivity index (χ3v) is 14.0. The third-order valence-electron chi connectivity index (χ3n) is 14.0. The van der Waals surface area contributed by atoms with Crippen LogP contribution in [0.3, 0.4) is 0 Å². The SMILES string of the molecule is c1cc(-c2ccc3c(c2)oc2ccccc23)cc(N(c2ccc3c(c2)-c2ccccc2C32c3ccccc3-c3ccccc32)c2ccc3c4ccccc4c4ccccc4c3c2)c1.